The van der Waals surface area contributed by atoms with E-state index in [-0.39, 0.29) is 19.8 Å². The summed E-state index contributed by atoms with van der Waals surface area (Å²) in [6.45, 7) is 0.984. The van der Waals surface area contributed by atoms with E-state index in [1.165, 1.54) is 11.3 Å². The van der Waals surface area contributed by atoms with Gasteiger partial charge in [-0.15, -0.1) is 0 Å². The number of nitrogens with one attached hydrogen (secondary N) is 1. The third kappa shape index (κ3) is 7.75. The summed E-state index contributed by atoms with van der Waals surface area (Å²) in [5.41, 5.74) is 3.88. The number of ether oxygens (including phenoxy) is 4. The van der Waals surface area contributed by atoms with Crippen molar-refractivity contribution in [3.05, 3.63) is 70.7 Å². The zero-order valence-corrected chi connectivity index (χ0v) is 23.6. The summed E-state index contributed by atoms with van der Waals surface area (Å²) in [5.74, 6) is -0.576. The summed E-state index contributed by atoms with van der Waals surface area (Å²) in [4.78, 5) is 17.7. The molecule has 0 bridgehead atoms. The predicted octanol–water partition coefficient (Wildman–Crippen LogP) is 4.26. The molecule has 2 aromatic carbocycles. The fourth-order valence-electron chi connectivity index (χ4n) is 4.61. The molecule has 3 heterocycles. The number of alkyl halides is 3. The Morgan fingerprint density at radius 2 is 1.88 bits per heavy atom. The smallest absolute Gasteiger partial charge is 0.422 e. The molecule has 0 spiro atoms. The fourth-order valence-corrected chi connectivity index (χ4v) is 5.16. The number of aromatic nitrogens is 3. The number of hydrogen-bond donors (Lipinski definition) is 1. The molecule has 11 nitrogen and oxygen atoms in total. The number of piperazine rings is 1. The number of anilines is 1. The molecule has 1 aromatic heterocycles. The molecule has 2 fully saturated rings. The van der Waals surface area contributed by atoms with Crippen molar-refractivity contribution in [1.82, 2.24) is 25.2 Å². The Labute approximate surface area is 248 Å². The summed E-state index contributed by atoms with van der Waals surface area (Å²) in [5, 5.41) is 6.59. The van der Waals surface area contributed by atoms with Crippen LogP contribution in [-0.2, 0) is 26.5 Å². The second kappa shape index (κ2) is 12.9. The van der Waals surface area contributed by atoms with Crippen molar-refractivity contribution in [2.75, 3.05) is 50.9 Å². The van der Waals surface area contributed by atoms with Gasteiger partial charge in [-0.3, -0.25) is 5.43 Å². The van der Waals surface area contributed by atoms with Gasteiger partial charge in [-0.2, -0.15) is 18.3 Å². The van der Waals surface area contributed by atoms with E-state index in [0.717, 1.165) is 5.69 Å². The van der Waals surface area contributed by atoms with Crippen molar-refractivity contribution >= 4 is 35.0 Å². The highest BCUT2D eigenvalue weighted by Crippen LogP contribution is 2.40. The van der Waals surface area contributed by atoms with Crippen LogP contribution in [0.5, 0.6) is 5.75 Å². The molecule has 2 atom stereocenters. The minimum atomic E-state index is -4.57. The maximum atomic E-state index is 12.2. The van der Waals surface area contributed by atoms with Crippen LogP contribution in [0, 0.1) is 0 Å². The summed E-state index contributed by atoms with van der Waals surface area (Å²) < 4.78 is 60.9. The normalized spacial score (nSPS) is 21.4. The Morgan fingerprint density at radius 3 is 2.55 bits per heavy atom. The standard InChI is InChI=1S/C26H27Cl2F3N6O5/c27-18-1-6-22(23(28)11-18)25(14-37-17-32-16-33-37)41-13-21(42-25)12-39-20-4-2-19(3-5-20)35-7-9-36(10-8-35)34-24(38)40-15-26(29,30)31/h1-6,11,16-17,21H,7-10,12-15H2,(H,34,38)/t21-,25-/m1/s1. The molecule has 42 heavy (non-hydrogen) atoms. The van der Waals surface area contributed by atoms with Crippen LogP contribution in [0.4, 0.5) is 23.7 Å². The molecule has 0 radical (unpaired) electrons. The molecule has 0 saturated carbocycles. The molecule has 1 N–H and O–H groups in total. The molecule has 0 unspecified atom stereocenters. The van der Waals surface area contributed by atoms with Crippen molar-refractivity contribution in [3.8, 4) is 5.75 Å². The van der Waals surface area contributed by atoms with Gasteiger partial charge in [-0.1, -0.05) is 29.3 Å². The third-order valence-electron chi connectivity index (χ3n) is 6.57. The van der Waals surface area contributed by atoms with E-state index in [2.05, 4.69) is 25.1 Å². The third-order valence-corrected chi connectivity index (χ3v) is 7.12. The van der Waals surface area contributed by atoms with E-state index < -0.39 is 30.8 Å². The Balaban J connectivity index is 1.12. The Bertz CT molecular complexity index is 1340. The molecular formula is C26H27Cl2F3N6O5. The first-order valence-corrected chi connectivity index (χ1v) is 13.7. The maximum Gasteiger partial charge on any atom is 0.422 e. The number of carbonyl (C=O) groups excluding carboxylic acids is 1. The number of rotatable bonds is 9. The predicted molar refractivity (Wildman–Crippen MR) is 145 cm³/mol. The van der Waals surface area contributed by atoms with E-state index in [1.54, 1.807) is 29.2 Å². The molecule has 1 amide bonds. The van der Waals surface area contributed by atoms with Crippen molar-refractivity contribution in [2.24, 2.45) is 0 Å². The maximum absolute atomic E-state index is 12.2. The Hall–Kier alpha value is -3.30. The summed E-state index contributed by atoms with van der Waals surface area (Å²) in [6, 6.07) is 12.6. The number of hydrazine groups is 1. The molecule has 2 aliphatic rings. The lowest BCUT2D eigenvalue weighted by Crippen LogP contribution is -2.54. The highest BCUT2D eigenvalue weighted by molar-refractivity contribution is 6.35. The van der Waals surface area contributed by atoms with E-state index in [4.69, 9.17) is 37.4 Å². The van der Waals surface area contributed by atoms with Gasteiger partial charge in [0.15, 0.2) is 6.61 Å². The highest BCUT2D eigenvalue weighted by atomic mass is 35.5. The minimum absolute atomic E-state index is 0.219. The van der Waals surface area contributed by atoms with E-state index in [9.17, 15) is 18.0 Å². The summed E-state index contributed by atoms with van der Waals surface area (Å²) in [7, 11) is 0. The number of amides is 1. The minimum Gasteiger partial charge on any atom is -0.491 e. The molecule has 16 heteroatoms. The lowest BCUT2D eigenvalue weighted by atomic mass is 10.1. The lowest BCUT2D eigenvalue weighted by molar-refractivity contribution is -0.190. The SMILES string of the molecule is O=C(NN1CCN(c2ccc(OC[C@@H]3CO[C@@](Cn4cncn4)(c4ccc(Cl)cc4Cl)O3)cc2)CC1)OCC(F)(F)F. The van der Waals surface area contributed by atoms with Gasteiger partial charge in [0.2, 0.25) is 5.79 Å². The van der Waals surface area contributed by atoms with E-state index >= 15 is 0 Å². The zero-order valence-electron chi connectivity index (χ0n) is 22.1. The molecule has 2 aliphatic heterocycles. The molecular weight excluding hydrogens is 604 g/mol. The van der Waals surface area contributed by atoms with Crippen molar-refractivity contribution < 1.29 is 36.9 Å². The lowest BCUT2D eigenvalue weighted by Gasteiger charge is -2.35. The first kappa shape index (κ1) is 30.2. The van der Waals surface area contributed by atoms with E-state index in [1.807, 2.05) is 24.3 Å². The quantitative estimate of drug-likeness (QED) is 0.371. The monoisotopic (exact) mass is 630 g/mol. The Morgan fingerprint density at radius 1 is 1.12 bits per heavy atom. The average molecular weight is 631 g/mol. The average Bonchev–Trinajstić information content (AvgIpc) is 3.62. The number of hydrogen-bond acceptors (Lipinski definition) is 9. The largest absolute Gasteiger partial charge is 0.491 e. The molecule has 0 aliphatic carbocycles. The highest BCUT2D eigenvalue weighted by Gasteiger charge is 2.45. The van der Waals surface area contributed by atoms with Crippen LogP contribution in [0.15, 0.2) is 55.1 Å². The van der Waals surface area contributed by atoms with Crippen LogP contribution in [0.3, 0.4) is 0 Å². The van der Waals surface area contributed by atoms with Gasteiger partial charge in [0.25, 0.3) is 0 Å². The van der Waals surface area contributed by atoms with Crippen LogP contribution in [0.1, 0.15) is 5.56 Å². The second-order valence-corrected chi connectivity index (χ2v) is 10.4. The first-order chi connectivity index (χ1) is 20.1. The number of nitrogens with zero attached hydrogens (tertiary/aromatic N) is 5. The van der Waals surface area contributed by atoms with Gasteiger partial charge in [-0.05, 0) is 36.4 Å². The number of benzene rings is 2. The van der Waals surface area contributed by atoms with Gasteiger partial charge in [0.1, 0.15) is 37.7 Å². The zero-order chi connectivity index (χ0) is 29.7. The number of halogens is 5. The van der Waals surface area contributed by atoms with Crippen molar-refractivity contribution in [1.29, 1.82) is 0 Å². The van der Waals surface area contributed by atoms with Crippen molar-refractivity contribution in [2.45, 2.75) is 24.6 Å². The van der Waals surface area contributed by atoms with Gasteiger partial charge in [-0.25, -0.2) is 19.5 Å². The van der Waals surface area contributed by atoms with Gasteiger partial charge < -0.3 is 23.8 Å². The van der Waals surface area contributed by atoms with Crippen LogP contribution < -0.4 is 15.1 Å². The summed E-state index contributed by atoms with van der Waals surface area (Å²) in [6.07, 6.45) is -3.12. The van der Waals surface area contributed by atoms with Crippen LogP contribution in [0.25, 0.3) is 0 Å². The molecule has 226 valence electrons. The van der Waals surface area contributed by atoms with Gasteiger partial charge in [0, 0.05) is 42.5 Å². The molecule has 5 rings (SSSR count). The topological polar surface area (TPSA) is 103 Å². The first-order valence-electron chi connectivity index (χ1n) is 12.9. The van der Waals surface area contributed by atoms with Crippen LogP contribution in [-0.4, -0.2) is 84.1 Å². The van der Waals surface area contributed by atoms with Crippen LogP contribution >= 0.6 is 23.2 Å². The Kier molecular flexibility index (Phi) is 9.28. The van der Waals surface area contributed by atoms with Crippen molar-refractivity contribution in [3.63, 3.8) is 0 Å². The molecule has 2 saturated heterocycles. The second-order valence-electron chi connectivity index (χ2n) is 9.60. The van der Waals surface area contributed by atoms with E-state index in [0.29, 0.717) is 47.5 Å². The fraction of sp³-hybridized carbons (Fsp3) is 0.423. The van der Waals surface area contributed by atoms with Crippen LogP contribution in [0.2, 0.25) is 10.0 Å². The van der Waals surface area contributed by atoms with Gasteiger partial charge in [0.05, 0.1) is 11.6 Å². The van der Waals surface area contributed by atoms with Gasteiger partial charge >= 0.3 is 12.3 Å². The number of carbonyl (C=O) groups is 1. The summed E-state index contributed by atoms with van der Waals surface area (Å²) >= 11 is 12.6. The molecule has 3 aromatic rings.